The molecule has 0 radical (unpaired) electrons. The average Bonchev–Trinajstić information content (AvgIpc) is 3.84. The fourth-order valence-corrected chi connectivity index (χ4v) is 11.4. The zero-order chi connectivity index (χ0) is 53.9. The van der Waals surface area contributed by atoms with E-state index in [1.165, 1.54) is 29.8 Å². The van der Waals surface area contributed by atoms with Gasteiger partial charge in [-0.15, -0.1) is 11.3 Å². The van der Waals surface area contributed by atoms with Crippen molar-refractivity contribution in [3.8, 4) is 44.7 Å². The summed E-state index contributed by atoms with van der Waals surface area (Å²) in [6.07, 6.45) is 3.68. The van der Waals surface area contributed by atoms with E-state index in [1.807, 2.05) is 13.8 Å². The highest BCUT2D eigenvalue weighted by Crippen LogP contribution is 2.53. The quantitative estimate of drug-likeness (QED) is 0.0636. The molecule has 3 aromatic carbocycles. The Labute approximate surface area is 461 Å². The fraction of sp³-hybridized carbons (Fsp3) is 0.482. The summed E-state index contributed by atoms with van der Waals surface area (Å²) in [7, 11) is 3.74. The van der Waals surface area contributed by atoms with Gasteiger partial charge < -0.3 is 52.6 Å². The molecule has 1 saturated carbocycles. The van der Waals surface area contributed by atoms with Gasteiger partial charge in [0, 0.05) is 68.5 Å². The van der Waals surface area contributed by atoms with Crippen molar-refractivity contribution in [3.63, 3.8) is 0 Å². The number of rotatable bonds is 22. The summed E-state index contributed by atoms with van der Waals surface area (Å²) in [5.74, 6) is 0.239. The van der Waals surface area contributed by atoms with E-state index in [0.717, 1.165) is 45.4 Å². The molecule has 4 bridgehead atoms. The van der Waals surface area contributed by atoms with Crippen LogP contribution in [0.1, 0.15) is 47.5 Å². The van der Waals surface area contributed by atoms with E-state index in [9.17, 15) is 14.3 Å². The van der Waals surface area contributed by atoms with Crippen LogP contribution in [-0.2, 0) is 46.9 Å². The lowest BCUT2D eigenvalue weighted by atomic mass is 9.68. The van der Waals surface area contributed by atoms with Gasteiger partial charge in [-0.2, -0.15) is 0 Å². The molecular formula is C56H65Cl2FN6O11S. The molecule has 412 valence electrons. The molecule has 17 nitrogen and oxygen atoms in total. The highest BCUT2D eigenvalue weighted by molar-refractivity contribution is 7.22. The van der Waals surface area contributed by atoms with Crippen molar-refractivity contribution in [1.82, 2.24) is 29.7 Å². The number of fused-ring (bicyclic) bond motifs is 7. The summed E-state index contributed by atoms with van der Waals surface area (Å²) in [5.41, 5.74) is 4.06. The predicted molar refractivity (Wildman–Crippen MR) is 291 cm³/mol. The summed E-state index contributed by atoms with van der Waals surface area (Å²) in [6, 6.07) is 13.3. The van der Waals surface area contributed by atoms with E-state index in [4.69, 9.17) is 75.8 Å². The second kappa shape index (κ2) is 26.6. The number of ether oxygens (including phenoxy) is 9. The van der Waals surface area contributed by atoms with E-state index in [1.54, 1.807) is 49.7 Å². The van der Waals surface area contributed by atoms with Crippen LogP contribution < -0.4 is 18.9 Å². The van der Waals surface area contributed by atoms with Crippen molar-refractivity contribution in [2.24, 2.45) is 0 Å². The average molecular weight is 1120 g/mol. The summed E-state index contributed by atoms with van der Waals surface area (Å²) in [4.78, 5) is 38.2. The van der Waals surface area contributed by atoms with Crippen LogP contribution in [0.5, 0.6) is 23.1 Å². The number of hydrogen-bond donors (Lipinski definition) is 1. The Hall–Kier alpha value is -5.32. The van der Waals surface area contributed by atoms with E-state index in [2.05, 4.69) is 26.8 Å². The number of nitrogens with zero attached hydrogens (tertiary/aromatic N) is 6. The molecule has 21 heteroatoms. The minimum atomic E-state index is -1.48. The van der Waals surface area contributed by atoms with Gasteiger partial charge in [-0.1, -0.05) is 41.8 Å². The second-order valence-electron chi connectivity index (χ2n) is 19.5. The number of benzene rings is 3. The molecule has 1 N–H and O–H groups in total. The molecule has 0 amide bonds. The molecule has 4 aliphatic rings. The van der Waals surface area contributed by atoms with Crippen molar-refractivity contribution in [1.29, 1.82) is 0 Å². The number of aliphatic carboxylic acids is 1. The SMILES string of the molecule is COCCOCCOCCOCCOCC1(c2nccc(COc3ccc4cc3C[C@H](C(=O)O)Oc3ncnc5sc(-c6ccc(F)cc6)c(c35)-c3c(C)c(Cl)c(c(Cl)c3C)O[C@H](CN3CCN(C)CC3)CO4)n2)CCC1. The van der Waals surface area contributed by atoms with Gasteiger partial charge in [-0.25, -0.2) is 29.1 Å². The highest BCUT2D eigenvalue weighted by atomic mass is 35.5. The lowest BCUT2D eigenvalue weighted by Gasteiger charge is -2.40. The number of hydrogen-bond acceptors (Lipinski definition) is 17. The number of carboxylic acid groups (broad SMARTS) is 1. The Morgan fingerprint density at radius 2 is 1.55 bits per heavy atom. The molecule has 2 atom stereocenters. The molecule has 1 aliphatic carbocycles. The van der Waals surface area contributed by atoms with E-state index in [0.29, 0.717) is 153 Å². The van der Waals surface area contributed by atoms with Crippen molar-refractivity contribution < 1.29 is 56.9 Å². The zero-order valence-corrected chi connectivity index (χ0v) is 46.2. The van der Waals surface area contributed by atoms with Crippen molar-refractivity contribution in [3.05, 3.63) is 105 Å². The lowest BCUT2D eigenvalue weighted by molar-refractivity contribution is -0.145. The van der Waals surface area contributed by atoms with Gasteiger partial charge in [0.2, 0.25) is 12.0 Å². The number of methoxy groups -OCH3 is 1. The fourth-order valence-electron chi connectivity index (χ4n) is 9.70. The lowest BCUT2D eigenvalue weighted by Crippen LogP contribution is -2.49. The monoisotopic (exact) mass is 1120 g/mol. The maximum Gasteiger partial charge on any atom is 0.345 e. The zero-order valence-electron chi connectivity index (χ0n) is 43.8. The molecule has 0 spiro atoms. The molecule has 0 unspecified atom stereocenters. The van der Waals surface area contributed by atoms with E-state index >= 15 is 0 Å². The van der Waals surface area contributed by atoms with Gasteiger partial charge >= 0.3 is 5.97 Å². The Bertz CT molecular complexity index is 2930. The summed E-state index contributed by atoms with van der Waals surface area (Å²) < 4.78 is 68.7. The number of halogens is 3. The Balaban J connectivity index is 0.991. The minimum Gasteiger partial charge on any atom is -0.490 e. The van der Waals surface area contributed by atoms with Gasteiger partial charge in [-0.3, -0.25) is 4.90 Å². The van der Waals surface area contributed by atoms with Gasteiger partial charge in [0.05, 0.1) is 86.0 Å². The van der Waals surface area contributed by atoms with Crippen LogP contribution in [0.4, 0.5) is 4.39 Å². The standard InChI is InChI=1S/C56H65Cl2FN6O11S/c1-35-45-36(2)49(58)50(48(35)57)75-42(30-65-18-16-64(3)17-19-65)32-73-41-10-11-43(38(28-41)29-44(54(66)67)76-52-47-46(45)51(77-53(47)62-34-61-52)37-6-8-39(59)9-7-37)74-31-40-12-15-60-55(63-40)56(13-5-14-56)33-72-27-26-71-25-24-70-23-22-69-21-20-68-4/h6-12,15,28,34,42,44H,5,13-14,16-27,29-33H2,1-4H3,(H,66,67)/t42-,44-/m1/s1. The Morgan fingerprint density at radius 1 is 0.857 bits per heavy atom. The third kappa shape index (κ3) is 13.8. The Morgan fingerprint density at radius 3 is 2.21 bits per heavy atom. The normalized spacial score (nSPS) is 17.8. The number of carbonyl (C=O) groups is 1. The van der Waals surface area contributed by atoms with E-state index in [-0.39, 0.29) is 30.9 Å². The van der Waals surface area contributed by atoms with Crippen LogP contribution >= 0.6 is 34.5 Å². The van der Waals surface area contributed by atoms with Crippen molar-refractivity contribution >= 4 is 50.7 Å². The largest absolute Gasteiger partial charge is 0.490 e. The molecule has 10 rings (SSSR count). The molecule has 1 saturated heterocycles. The number of likely N-dealkylation sites (N-methyl/N-ethyl adjacent to an activating group) is 1. The number of aromatic nitrogens is 4. The second-order valence-corrected chi connectivity index (χ2v) is 21.3. The number of thiophene rings is 1. The van der Waals surface area contributed by atoms with Crippen LogP contribution in [0.3, 0.4) is 0 Å². The third-order valence-electron chi connectivity index (χ3n) is 14.2. The molecule has 3 aromatic heterocycles. The van der Waals surface area contributed by atoms with Gasteiger partial charge in [0.15, 0.2) is 5.75 Å². The van der Waals surface area contributed by atoms with Crippen LogP contribution in [0.25, 0.3) is 31.8 Å². The van der Waals surface area contributed by atoms with Crippen molar-refractivity contribution in [2.45, 2.75) is 63.8 Å². The van der Waals surface area contributed by atoms with Crippen LogP contribution in [-0.4, -0.2) is 166 Å². The number of carboxylic acids is 1. The molecule has 6 aromatic rings. The Kier molecular flexibility index (Phi) is 19.5. The summed E-state index contributed by atoms with van der Waals surface area (Å²) >= 11 is 16.1. The third-order valence-corrected chi connectivity index (χ3v) is 16.2. The maximum atomic E-state index is 14.4. The minimum absolute atomic E-state index is 0.0240. The first-order valence-corrected chi connectivity index (χ1v) is 27.5. The molecule has 2 fully saturated rings. The van der Waals surface area contributed by atoms with Crippen LogP contribution in [0, 0.1) is 19.7 Å². The van der Waals surface area contributed by atoms with Gasteiger partial charge in [0.25, 0.3) is 0 Å². The number of piperazine rings is 1. The predicted octanol–water partition coefficient (Wildman–Crippen LogP) is 9.05. The molecule has 3 aliphatic heterocycles. The summed E-state index contributed by atoms with van der Waals surface area (Å²) in [5, 5.41) is 12.0. The van der Waals surface area contributed by atoms with Gasteiger partial charge in [-0.05, 0) is 92.4 Å². The van der Waals surface area contributed by atoms with Crippen molar-refractivity contribution in [2.75, 3.05) is 113 Å². The molecular weight excluding hydrogens is 1050 g/mol. The smallest absolute Gasteiger partial charge is 0.345 e. The summed E-state index contributed by atoms with van der Waals surface area (Å²) in [6.45, 7) is 12.2. The highest BCUT2D eigenvalue weighted by Gasteiger charge is 2.42. The first-order chi connectivity index (χ1) is 37.4. The molecule has 6 heterocycles. The maximum absolute atomic E-state index is 14.4. The van der Waals surface area contributed by atoms with Crippen LogP contribution in [0.15, 0.2) is 61.1 Å². The molecule has 77 heavy (non-hydrogen) atoms. The van der Waals surface area contributed by atoms with E-state index < -0.39 is 24.0 Å². The topological polar surface area (TPSA) is 178 Å². The van der Waals surface area contributed by atoms with Gasteiger partial charge in [0.1, 0.15) is 53.6 Å². The first kappa shape index (κ1) is 56.4. The van der Waals surface area contributed by atoms with Crippen LogP contribution in [0.2, 0.25) is 10.0 Å². The first-order valence-electron chi connectivity index (χ1n) is 25.9.